The van der Waals surface area contributed by atoms with Gasteiger partial charge in [0.1, 0.15) is 0 Å². The minimum atomic E-state index is -0.855. The SMILES string of the molecule is N[C@@H](CC(=O)N(CCN1CCCC1)Cc1ccccn1)[C@H]1CCc2cc(F)c(F)cc21. The Kier molecular flexibility index (Phi) is 6.92. The van der Waals surface area contributed by atoms with Crippen LogP contribution in [0.3, 0.4) is 0 Å². The van der Waals surface area contributed by atoms with Crippen molar-refractivity contribution in [1.29, 1.82) is 0 Å². The molecule has 1 aromatic heterocycles. The summed E-state index contributed by atoms with van der Waals surface area (Å²) < 4.78 is 27.4. The third-order valence-electron chi connectivity index (χ3n) is 6.55. The molecule has 1 fully saturated rings. The monoisotopic (exact) mass is 428 g/mol. The number of carbonyl (C=O) groups is 1. The molecule has 1 amide bonds. The molecule has 2 atom stereocenters. The van der Waals surface area contributed by atoms with Crippen LogP contribution >= 0.6 is 0 Å². The maximum absolute atomic E-state index is 13.8. The smallest absolute Gasteiger partial charge is 0.224 e. The molecule has 2 aliphatic rings. The zero-order valence-corrected chi connectivity index (χ0v) is 17.8. The second-order valence-electron chi connectivity index (χ2n) is 8.66. The predicted molar refractivity (Wildman–Crippen MR) is 115 cm³/mol. The molecule has 1 aliphatic carbocycles. The van der Waals surface area contributed by atoms with Crippen LogP contribution in [0.2, 0.25) is 0 Å². The average molecular weight is 429 g/mol. The third kappa shape index (κ3) is 5.28. The van der Waals surface area contributed by atoms with E-state index >= 15 is 0 Å². The molecule has 166 valence electrons. The van der Waals surface area contributed by atoms with Crippen LogP contribution in [-0.2, 0) is 17.8 Å². The van der Waals surface area contributed by atoms with Crippen LogP contribution in [0.5, 0.6) is 0 Å². The highest BCUT2D eigenvalue weighted by molar-refractivity contribution is 5.77. The van der Waals surface area contributed by atoms with Crippen molar-refractivity contribution in [1.82, 2.24) is 14.8 Å². The molecule has 31 heavy (non-hydrogen) atoms. The highest BCUT2D eigenvalue weighted by atomic mass is 19.2. The Bertz CT molecular complexity index is 902. The van der Waals surface area contributed by atoms with Gasteiger partial charge in [0.15, 0.2) is 11.6 Å². The van der Waals surface area contributed by atoms with Crippen molar-refractivity contribution in [3.05, 3.63) is 65.0 Å². The number of nitrogens with two attached hydrogens (primary N) is 1. The molecule has 7 heteroatoms. The van der Waals surface area contributed by atoms with Gasteiger partial charge in [-0.25, -0.2) is 8.78 Å². The van der Waals surface area contributed by atoms with Gasteiger partial charge in [0.2, 0.25) is 5.91 Å². The minimum Gasteiger partial charge on any atom is -0.335 e. The summed E-state index contributed by atoms with van der Waals surface area (Å²) in [7, 11) is 0. The molecule has 1 aromatic carbocycles. The van der Waals surface area contributed by atoms with Gasteiger partial charge in [0.25, 0.3) is 0 Å². The van der Waals surface area contributed by atoms with Crippen molar-refractivity contribution >= 4 is 5.91 Å². The first-order chi connectivity index (χ1) is 15.0. The Labute approximate surface area is 182 Å². The second kappa shape index (κ2) is 9.83. The molecule has 4 rings (SSSR count). The van der Waals surface area contributed by atoms with Crippen LogP contribution in [0.25, 0.3) is 0 Å². The number of carbonyl (C=O) groups excluding carboxylic acids is 1. The average Bonchev–Trinajstić information content (AvgIpc) is 3.42. The molecule has 0 spiro atoms. The number of hydrogen-bond donors (Lipinski definition) is 1. The molecule has 2 N–H and O–H groups in total. The molecular weight excluding hydrogens is 398 g/mol. The van der Waals surface area contributed by atoms with E-state index in [0.29, 0.717) is 25.9 Å². The number of rotatable bonds is 8. The third-order valence-corrected chi connectivity index (χ3v) is 6.55. The zero-order valence-electron chi connectivity index (χ0n) is 17.8. The normalized spacial score (nSPS) is 19.4. The summed E-state index contributed by atoms with van der Waals surface area (Å²) in [6.07, 6.45) is 5.68. The van der Waals surface area contributed by atoms with Crippen LogP contribution in [0.4, 0.5) is 8.78 Å². The van der Waals surface area contributed by atoms with Gasteiger partial charge >= 0.3 is 0 Å². The molecule has 2 heterocycles. The van der Waals surface area contributed by atoms with E-state index < -0.39 is 17.7 Å². The van der Waals surface area contributed by atoms with E-state index in [0.717, 1.165) is 36.5 Å². The van der Waals surface area contributed by atoms with Crippen molar-refractivity contribution in [3.8, 4) is 0 Å². The topological polar surface area (TPSA) is 62.5 Å². The number of halogens is 2. The number of aromatic nitrogens is 1. The predicted octanol–water partition coefficient (Wildman–Crippen LogP) is 3.23. The summed E-state index contributed by atoms with van der Waals surface area (Å²) in [4.78, 5) is 21.8. The Morgan fingerprint density at radius 3 is 2.74 bits per heavy atom. The molecule has 1 saturated heterocycles. The van der Waals surface area contributed by atoms with Gasteiger partial charge in [0, 0.05) is 37.7 Å². The first-order valence-corrected chi connectivity index (χ1v) is 11.1. The van der Waals surface area contributed by atoms with Crippen LogP contribution in [0, 0.1) is 11.6 Å². The number of pyridine rings is 1. The lowest BCUT2D eigenvalue weighted by atomic mass is 9.91. The van der Waals surface area contributed by atoms with E-state index in [1.807, 2.05) is 23.1 Å². The van der Waals surface area contributed by atoms with E-state index in [9.17, 15) is 13.6 Å². The standard InChI is InChI=1S/C24H30F2N4O/c25-21-13-17-6-7-19(20(17)14-22(21)26)23(27)15-24(31)30(12-11-29-9-3-4-10-29)16-18-5-1-2-8-28-18/h1-2,5,8,13-14,19,23H,3-4,6-7,9-12,15-16,27H2/t19-,23-/m0/s1. The van der Waals surface area contributed by atoms with Crippen LogP contribution in [0.15, 0.2) is 36.5 Å². The molecule has 5 nitrogen and oxygen atoms in total. The Morgan fingerprint density at radius 2 is 2.00 bits per heavy atom. The zero-order chi connectivity index (χ0) is 21.8. The molecule has 1 aliphatic heterocycles. The fourth-order valence-electron chi connectivity index (χ4n) is 4.80. The molecule has 0 saturated carbocycles. The second-order valence-corrected chi connectivity index (χ2v) is 8.66. The van der Waals surface area contributed by atoms with Crippen LogP contribution in [-0.4, -0.2) is 52.9 Å². The van der Waals surface area contributed by atoms with E-state index in [-0.39, 0.29) is 18.2 Å². The summed E-state index contributed by atoms with van der Waals surface area (Å²) in [6, 6.07) is 7.78. The van der Waals surface area contributed by atoms with Crippen molar-refractivity contribution < 1.29 is 13.6 Å². The fraction of sp³-hybridized carbons (Fsp3) is 0.500. The number of amides is 1. The largest absolute Gasteiger partial charge is 0.335 e. The number of fused-ring (bicyclic) bond motifs is 1. The highest BCUT2D eigenvalue weighted by Gasteiger charge is 2.31. The number of aryl methyl sites for hydroxylation is 1. The number of likely N-dealkylation sites (tertiary alicyclic amines) is 1. The molecule has 0 bridgehead atoms. The maximum Gasteiger partial charge on any atom is 0.224 e. The van der Waals surface area contributed by atoms with Gasteiger partial charge in [-0.15, -0.1) is 0 Å². The lowest BCUT2D eigenvalue weighted by Gasteiger charge is -2.28. The maximum atomic E-state index is 13.8. The van der Waals surface area contributed by atoms with Gasteiger partial charge in [0.05, 0.1) is 12.2 Å². The Balaban J connectivity index is 1.43. The van der Waals surface area contributed by atoms with Crippen LogP contribution < -0.4 is 5.73 Å². The molecule has 0 radical (unpaired) electrons. The van der Waals surface area contributed by atoms with Crippen molar-refractivity contribution in [2.45, 2.75) is 50.6 Å². The Morgan fingerprint density at radius 1 is 1.23 bits per heavy atom. The lowest BCUT2D eigenvalue weighted by Crippen LogP contribution is -2.41. The number of nitrogens with zero attached hydrogens (tertiary/aromatic N) is 3. The summed E-state index contributed by atoms with van der Waals surface area (Å²) >= 11 is 0. The first-order valence-electron chi connectivity index (χ1n) is 11.1. The van der Waals surface area contributed by atoms with Crippen molar-refractivity contribution in [3.63, 3.8) is 0 Å². The molecule has 0 unspecified atom stereocenters. The summed E-state index contributed by atoms with van der Waals surface area (Å²) in [5.74, 6) is -1.84. The Hall–Kier alpha value is -2.38. The summed E-state index contributed by atoms with van der Waals surface area (Å²) in [5, 5.41) is 0. The lowest BCUT2D eigenvalue weighted by molar-refractivity contribution is -0.132. The highest BCUT2D eigenvalue weighted by Crippen LogP contribution is 2.37. The first kappa shape index (κ1) is 21.8. The summed E-state index contributed by atoms with van der Waals surface area (Å²) in [6.45, 7) is 4.06. The van der Waals surface area contributed by atoms with E-state index in [2.05, 4.69) is 9.88 Å². The fourth-order valence-corrected chi connectivity index (χ4v) is 4.80. The van der Waals surface area contributed by atoms with Crippen LogP contribution in [0.1, 0.15) is 48.4 Å². The number of hydrogen-bond acceptors (Lipinski definition) is 4. The quantitative estimate of drug-likeness (QED) is 0.701. The molecular formula is C24H30F2N4O. The molecule has 2 aromatic rings. The summed E-state index contributed by atoms with van der Waals surface area (Å²) in [5.41, 5.74) is 8.83. The van der Waals surface area contributed by atoms with Gasteiger partial charge in [-0.1, -0.05) is 6.07 Å². The van der Waals surface area contributed by atoms with E-state index in [1.165, 1.54) is 25.0 Å². The van der Waals surface area contributed by atoms with E-state index in [4.69, 9.17) is 5.73 Å². The van der Waals surface area contributed by atoms with E-state index in [1.54, 1.807) is 6.20 Å². The van der Waals surface area contributed by atoms with Gasteiger partial charge in [-0.05, 0) is 74.2 Å². The number of benzene rings is 1. The van der Waals surface area contributed by atoms with Gasteiger partial charge in [-0.2, -0.15) is 0 Å². The van der Waals surface area contributed by atoms with Gasteiger partial charge in [-0.3, -0.25) is 9.78 Å². The van der Waals surface area contributed by atoms with Crippen molar-refractivity contribution in [2.75, 3.05) is 26.2 Å². The van der Waals surface area contributed by atoms with Crippen molar-refractivity contribution in [2.24, 2.45) is 5.73 Å². The van der Waals surface area contributed by atoms with Gasteiger partial charge < -0.3 is 15.5 Å². The minimum absolute atomic E-state index is 0.0200.